The zero-order valence-electron chi connectivity index (χ0n) is 4.35. The monoisotopic (exact) mass is 110 g/mol. The van der Waals surface area contributed by atoms with Gasteiger partial charge >= 0.3 is 0 Å². The quantitative estimate of drug-likeness (QED) is 0.383. The van der Waals surface area contributed by atoms with E-state index in [0.717, 1.165) is 4.80 Å². The normalized spacial score (nSPS) is 11.3. The maximum Gasteiger partial charge on any atom is 0.123 e. The van der Waals surface area contributed by atoms with Crippen molar-refractivity contribution >= 4 is 19.6 Å². The van der Waals surface area contributed by atoms with Crippen LogP contribution in [-0.2, 0) is 0 Å². The molecule has 0 spiro atoms. The topological polar surface area (TPSA) is 0 Å². The van der Waals surface area contributed by atoms with E-state index in [-0.39, 0.29) is 0 Å². The highest BCUT2D eigenvalue weighted by Gasteiger charge is 1.75. The van der Waals surface area contributed by atoms with Crippen LogP contribution in [0, 0.1) is 0 Å². The first-order valence-electron chi connectivity index (χ1n) is 1.93. The molecule has 36 valence electrons. The molecular formula is C5H7BS. The van der Waals surface area contributed by atoms with Crippen LogP contribution >= 0.6 is 11.8 Å². The second kappa shape index (κ2) is 4.06. The number of hydrogen-bond donors (Lipinski definition) is 0. The third-order valence-electron chi connectivity index (χ3n) is 0.518. The fourth-order valence-electron chi connectivity index (χ4n) is 0.184. The Morgan fingerprint density at radius 2 is 2.43 bits per heavy atom. The van der Waals surface area contributed by atoms with Gasteiger partial charge < -0.3 is 0 Å². The van der Waals surface area contributed by atoms with Crippen molar-refractivity contribution < 1.29 is 0 Å². The lowest BCUT2D eigenvalue weighted by Gasteiger charge is -1.86. The minimum absolute atomic E-state index is 0.801. The first kappa shape index (κ1) is 6.89. The van der Waals surface area contributed by atoms with Gasteiger partial charge in [-0.05, 0) is 6.26 Å². The average Bonchev–Trinajstić information content (AvgIpc) is 1.68. The zero-order chi connectivity index (χ0) is 5.70. The van der Waals surface area contributed by atoms with Gasteiger partial charge in [-0.2, -0.15) is 0 Å². The Kier molecular flexibility index (Phi) is 4.00. The van der Waals surface area contributed by atoms with Crippen molar-refractivity contribution in [1.29, 1.82) is 0 Å². The summed E-state index contributed by atoms with van der Waals surface area (Å²) in [5.41, 5.74) is 0. The lowest BCUT2D eigenvalue weighted by atomic mass is 10.1. The number of thioether (sulfide) groups is 1. The molecule has 0 rings (SSSR count). The molecule has 2 heteroatoms. The standard InChI is InChI=1S/C5H7BS/c1-3-4-5(6)7-2/h3-4H,1H2,2H3. The Labute approximate surface area is 50.1 Å². The van der Waals surface area contributed by atoms with Crippen LogP contribution in [0.3, 0.4) is 0 Å². The molecule has 0 bridgehead atoms. The molecule has 7 heavy (non-hydrogen) atoms. The Bertz CT molecular complexity index is 86.1. The minimum Gasteiger partial charge on any atom is -0.145 e. The molecule has 0 heterocycles. The molecule has 0 aliphatic rings. The highest BCUT2D eigenvalue weighted by Crippen LogP contribution is 2.04. The molecule has 0 atom stereocenters. The Morgan fingerprint density at radius 1 is 1.86 bits per heavy atom. The van der Waals surface area contributed by atoms with Crippen molar-refractivity contribution in [3.05, 3.63) is 23.5 Å². The number of hydrogen-bond acceptors (Lipinski definition) is 1. The summed E-state index contributed by atoms with van der Waals surface area (Å²) in [4.78, 5) is 0.801. The fourth-order valence-corrected chi connectivity index (χ4v) is 0.417. The largest absolute Gasteiger partial charge is 0.145 e. The maximum atomic E-state index is 5.34. The Morgan fingerprint density at radius 3 is 2.57 bits per heavy atom. The van der Waals surface area contributed by atoms with E-state index in [1.165, 1.54) is 11.8 Å². The summed E-state index contributed by atoms with van der Waals surface area (Å²) in [6.45, 7) is 3.48. The Balaban J connectivity index is 3.49. The van der Waals surface area contributed by atoms with E-state index < -0.39 is 0 Å². The number of rotatable bonds is 2. The molecule has 0 aromatic heterocycles. The van der Waals surface area contributed by atoms with Crippen LogP contribution < -0.4 is 0 Å². The third kappa shape index (κ3) is 3.73. The molecule has 0 aliphatic heterocycles. The first-order chi connectivity index (χ1) is 3.31. The molecule has 0 saturated carbocycles. The predicted octanol–water partition coefficient (Wildman–Crippen LogP) is 1.55. The SMILES string of the molecule is [B]C(=CC=C)SC. The van der Waals surface area contributed by atoms with E-state index in [4.69, 9.17) is 7.85 Å². The van der Waals surface area contributed by atoms with Gasteiger partial charge in [-0.1, -0.05) is 23.5 Å². The summed E-state index contributed by atoms with van der Waals surface area (Å²) in [6, 6.07) is 0. The lowest BCUT2D eigenvalue weighted by molar-refractivity contribution is 2.07. The van der Waals surface area contributed by atoms with E-state index in [9.17, 15) is 0 Å². The second-order valence-electron chi connectivity index (χ2n) is 1.01. The highest BCUT2D eigenvalue weighted by molar-refractivity contribution is 8.03. The van der Waals surface area contributed by atoms with Crippen LogP contribution in [0.5, 0.6) is 0 Å². The molecule has 0 saturated heterocycles. The smallest absolute Gasteiger partial charge is 0.123 e. The summed E-state index contributed by atoms with van der Waals surface area (Å²) in [7, 11) is 5.34. The van der Waals surface area contributed by atoms with Gasteiger partial charge in [0.05, 0.1) is 0 Å². The molecule has 0 N–H and O–H groups in total. The highest BCUT2D eigenvalue weighted by atomic mass is 32.2. The minimum atomic E-state index is 0.801. The van der Waals surface area contributed by atoms with Crippen molar-refractivity contribution in [2.24, 2.45) is 0 Å². The average molecular weight is 110 g/mol. The van der Waals surface area contributed by atoms with Crippen molar-refractivity contribution in [3.8, 4) is 0 Å². The van der Waals surface area contributed by atoms with E-state index in [2.05, 4.69) is 6.58 Å². The predicted molar refractivity (Wildman–Crippen MR) is 37.5 cm³/mol. The van der Waals surface area contributed by atoms with Gasteiger partial charge in [-0.25, -0.2) is 0 Å². The van der Waals surface area contributed by atoms with Gasteiger partial charge in [0.25, 0.3) is 0 Å². The van der Waals surface area contributed by atoms with Gasteiger partial charge in [-0.15, -0.1) is 11.8 Å². The van der Waals surface area contributed by atoms with E-state index in [0.29, 0.717) is 0 Å². The lowest BCUT2D eigenvalue weighted by Crippen LogP contribution is -1.66. The molecule has 0 nitrogen and oxygen atoms in total. The van der Waals surface area contributed by atoms with Crippen LogP contribution in [-0.4, -0.2) is 14.1 Å². The maximum absolute atomic E-state index is 5.34. The summed E-state index contributed by atoms with van der Waals surface area (Å²) >= 11 is 1.52. The summed E-state index contributed by atoms with van der Waals surface area (Å²) in [5, 5.41) is 0. The molecule has 2 radical (unpaired) electrons. The van der Waals surface area contributed by atoms with Crippen LogP contribution in [0.15, 0.2) is 23.5 Å². The van der Waals surface area contributed by atoms with E-state index in [1.54, 1.807) is 12.2 Å². The zero-order valence-corrected chi connectivity index (χ0v) is 5.16. The molecule has 0 aromatic rings. The van der Waals surface area contributed by atoms with E-state index >= 15 is 0 Å². The van der Waals surface area contributed by atoms with Crippen LogP contribution in [0.2, 0.25) is 0 Å². The Hall–Kier alpha value is -0.105. The van der Waals surface area contributed by atoms with Crippen LogP contribution in [0.4, 0.5) is 0 Å². The van der Waals surface area contributed by atoms with Gasteiger partial charge in [0.2, 0.25) is 0 Å². The van der Waals surface area contributed by atoms with Crippen molar-refractivity contribution in [3.63, 3.8) is 0 Å². The fraction of sp³-hybridized carbons (Fsp3) is 0.200. The molecule has 0 amide bonds. The van der Waals surface area contributed by atoms with Gasteiger partial charge in [0.1, 0.15) is 7.85 Å². The molecular weight excluding hydrogens is 103 g/mol. The second-order valence-corrected chi connectivity index (χ2v) is 1.89. The molecule has 0 unspecified atom stereocenters. The summed E-state index contributed by atoms with van der Waals surface area (Å²) < 4.78 is 0. The van der Waals surface area contributed by atoms with Crippen molar-refractivity contribution in [2.45, 2.75) is 0 Å². The van der Waals surface area contributed by atoms with E-state index in [1.807, 2.05) is 6.26 Å². The van der Waals surface area contributed by atoms with Gasteiger partial charge in [0, 0.05) is 0 Å². The van der Waals surface area contributed by atoms with Gasteiger partial charge in [-0.3, -0.25) is 0 Å². The molecule has 0 aliphatic carbocycles. The summed E-state index contributed by atoms with van der Waals surface area (Å²) in [5.74, 6) is 0. The first-order valence-corrected chi connectivity index (χ1v) is 3.16. The van der Waals surface area contributed by atoms with Crippen LogP contribution in [0.25, 0.3) is 0 Å². The number of allylic oxidation sites excluding steroid dienone is 2. The van der Waals surface area contributed by atoms with Crippen LogP contribution in [0.1, 0.15) is 0 Å². The third-order valence-corrected chi connectivity index (χ3v) is 1.13. The van der Waals surface area contributed by atoms with Gasteiger partial charge in [0.15, 0.2) is 0 Å². The summed E-state index contributed by atoms with van der Waals surface area (Å²) in [6.07, 6.45) is 5.37. The molecule has 0 fully saturated rings. The van der Waals surface area contributed by atoms with Crippen molar-refractivity contribution in [2.75, 3.05) is 6.26 Å². The molecule has 0 aromatic carbocycles. The van der Waals surface area contributed by atoms with Crippen molar-refractivity contribution in [1.82, 2.24) is 0 Å².